The molecule has 0 amide bonds. The van der Waals surface area contributed by atoms with E-state index in [0.29, 0.717) is 25.0 Å². The summed E-state index contributed by atoms with van der Waals surface area (Å²) >= 11 is 3.39. The number of fused-ring (bicyclic) bond motifs is 2. The van der Waals surface area contributed by atoms with Gasteiger partial charge in [0.15, 0.2) is 0 Å². The van der Waals surface area contributed by atoms with Crippen LogP contribution in [0.5, 0.6) is 0 Å². The van der Waals surface area contributed by atoms with Crippen LogP contribution in [-0.4, -0.2) is 107 Å². The van der Waals surface area contributed by atoms with Gasteiger partial charge in [-0.2, -0.15) is 0 Å². The Kier molecular flexibility index (Phi) is 13.7. The molecular weight excluding hydrogens is 725 g/mol. The van der Waals surface area contributed by atoms with E-state index in [1.54, 1.807) is 35.3 Å². The zero-order chi connectivity index (χ0) is 38.0. The molecule has 2 saturated heterocycles. The predicted molar refractivity (Wildman–Crippen MR) is 229 cm³/mol. The first-order valence-corrected chi connectivity index (χ1v) is 21.5. The van der Waals surface area contributed by atoms with Gasteiger partial charge in [0.05, 0.1) is 24.0 Å². The zero-order valence-corrected chi connectivity index (χ0v) is 33.7. The molecule has 4 aromatic heterocycles. The predicted octanol–water partition coefficient (Wildman–Crippen LogP) is 7.43. The fourth-order valence-corrected chi connectivity index (χ4v) is 9.70. The largest absolute Gasteiger partial charge is 0.395 e. The van der Waals surface area contributed by atoms with Crippen LogP contribution in [0.15, 0.2) is 84.1 Å². The van der Waals surface area contributed by atoms with Crippen molar-refractivity contribution in [1.82, 2.24) is 30.2 Å². The van der Waals surface area contributed by atoms with E-state index in [2.05, 4.69) is 114 Å². The summed E-state index contributed by atoms with van der Waals surface area (Å²) in [4.78, 5) is 27.5. The minimum absolute atomic E-state index is 0.137. The maximum Gasteiger partial charge on any atom is 0.141 e. The second-order valence-corrected chi connectivity index (χ2v) is 16.7. The van der Waals surface area contributed by atoms with Gasteiger partial charge in [0.1, 0.15) is 34.0 Å². The van der Waals surface area contributed by atoms with Gasteiger partial charge in [0.2, 0.25) is 0 Å². The first kappa shape index (κ1) is 39.2. The highest BCUT2D eigenvalue weighted by Gasteiger charge is 2.26. The van der Waals surface area contributed by atoms with Crippen molar-refractivity contribution in [3.05, 3.63) is 84.1 Å². The van der Waals surface area contributed by atoms with Crippen LogP contribution in [0.25, 0.3) is 42.7 Å². The van der Waals surface area contributed by atoms with Gasteiger partial charge in [-0.05, 0) is 55.2 Å². The molecule has 2 aliphatic rings. The van der Waals surface area contributed by atoms with E-state index in [-0.39, 0.29) is 13.2 Å². The number of benzene rings is 2. The second kappa shape index (κ2) is 19.2. The Morgan fingerprint density at radius 3 is 1.56 bits per heavy atom. The van der Waals surface area contributed by atoms with E-state index >= 15 is 0 Å². The number of rotatable bonds is 13. The van der Waals surface area contributed by atoms with Crippen molar-refractivity contribution in [1.29, 1.82) is 0 Å². The lowest BCUT2D eigenvalue weighted by Crippen LogP contribution is -2.40. The molecule has 0 atom stereocenters. The van der Waals surface area contributed by atoms with Gasteiger partial charge in [-0.3, -0.25) is 4.90 Å². The molecule has 2 aromatic carbocycles. The number of hydrogen-bond acceptors (Lipinski definition) is 12. The number of hydrogen-bond donors (Lipinski definition) is 3. The molecule has 0 radical (unpaired) electrons. The SMILES string of the molecule is CC(C)NCC1CCN(c2ncnc3scc(-c4ccccc4)c23)CC1.OCCN(CCO)CC1CCN(c2ncnc3scc(-c4ccccc4)c23)CC1. The van der Waals surface area contributed by atoms with Crippen LogP contribution in [-0.2, 0) is 0 Å². The molecular formula is C43H54N8O2S2. The first-order chi connectivity index (χ1) is 27.0. The maximum atomic E-state index is 9.24. The van der Waals surface area contributed by atoms with Gasteiger partial charge in [-0.15, -0.1) is 22.7 Å². The molecule has 0 spiro atoms. The summed E-state index contributed by atoms with van der Waals surface area (Å²) in [6.07, 6.45) is 8.01. The topological polar surface area (TPSA) is 114 Å². The minimum Gasteiger partial charge on any atom is -0.395 e. The Hall–Kier alpha value is -4.04. The summed E-state index contributed by atoms with van der Waals surface area (Å²) in [6, 6.07) is 21.6. The smallest absolute Gasteiger partial charge is 0.141 e. The van der Waals surface area contributed by atoms with Crippen molar-refractivity contribution in [2.45, 2.75) is 45.6 Å². The van der Waals surface area contributed by atoms with Gasteiger partial charge in [0.25, 0.3) is 0 Å². The number of nitrogens with zero attached hydrogens (tertiary/aromatic N) is 7. The average Bonchev–Trinajstić information content (AvgIpc) is 3.87. The third kappa shape index (κ3) is 9.68. The van der Waals surface area contributed by atoms with E-state index in [1.807, 2.05) is 6.07 Å². The van der Waals surface area contributed by atoms with Gasteiger partial charge < -0.3 is 25.3 Å². The molecule has 12 heteroatoms. The van der Waals surface area contributed by atoms with Crippen LogP contribution >= 0.6 is 22.7 Å². The Bertz CT molecular complexity index is 2050. The Morgan fingerprint density at radius 1 is 0.673 bits per heavy atom. The highest BCUT2D eigenvalue weighted by atomic mass is 32.1. The number of aliphatic hydroxyl groups is 2. The van der Waals surface area contributed by atoms with Crippen molar-refractivity contribution in [2.24, 2.45) is 11.8 Å². The highest BCUT2D eigenvalue weighted by molar-refractivity contribution is 7.17. The monoisotopic (exact) mass is 778 g/mol. The lowest BCUT2D eigenvalue weighted by molar-refractivity contribution is 0.138. The standard InChI is InChI=1S/C22H28N4O2S.C21H26N4S/c27-12-10-25(11-13-28)14-17-6-8-26(9-7-17)21-20-19(18-4-2-1-3-5-18)15-29-22(20)24-16-23-21;1-15(2)22-12-16-8-10-25(11-9-16)20-19-18(17-6-4-3-5-7-17)13-26-21(19)24-14-23-20/h1-5,15-17,27-28H,6-14H2;3-7,13-16,22H,8-12H2,1-2H3. The number of thiophene rings is 2. The molecule has 290 valence electrons. The van der Waals surface area contributed by atoms with Crippen LogP contribution in [0.4, 0.5) is 11.6 Å². The maximum absolute atomic E-state index is 9.24. The molecule has 10 nitrogen and oxygen atoms in total. The molecule has 0 bridgehead atoms. The summed E-state index contributed by atoms with van der Waals surface area (Å²) in [6.45, 7) is 12.1. The Labute approximate surface area is 332 Å². The Balaban J connectivity index is 0.000000170. The van der Waals surface area contributed by atoms with E-state index in [9.17, 15) is 10.2 Å². The summed E-state index contributed by atoms with van der Waals surface area (Å²) in [5.41, 5.74) is 4.91. The molecule has 8 rings (SSSR count). The number of aromatic nitrogens is 4. The third-order valence-electron chi connectivity index (χ3n) is 10.9. The molecule has 0 saturated carbocycles. The summed E-state index contributed by atoms with van der Waals surface area (Å²) in [5, 5.41) is 28.8. The summed E-state index contributed by atoms with van der Waals surface area (Å²) in [5.74, 6) is 3.49. The molecule has 55 heavy (non-hydrogen) atoms. The molecule has 0 unspecified atom stereocenters. The van der Waals surface area contributed by atoms with E-state index in [1.165, 1.54) is 40.5 Å². The lowest BCUT2D eigenvalue weighted by Gasteiger charge is -2.35. The molecule has 0 aliphatic carbocycles. The summed E-state index contributed by atoms with van der Waals surface area (Å²) in [7, 11) is 0. The fourth-order valence-electron chi connectivity index (χ4n) is 7.88. The van der Waals surface area contributed by atoms with Crippen LogP contribution in [0, 0.1) is 11.8 Å². The van der Waals surface area contributed by atoms with Crippen molar-refractivity contribution in [3.8, 4) is 22.3 Å². The normalized spacial score (nSPS) is 15.7. The van der Waals surface area contributed by atoms with Crippen molar-refractivity contribution < 1.29 is 10.2 Å². The minimum atomic E-state index is 0.137. The van der Waals surface area contributed by atoms with E-state index in [0.717, 1.165) is 84.7 Å². The molecule has 3 N–H and O–H groups in total. The molecule has 6 aromatic rings. The van der Waals surface area contributed by atoms with Crippen molar-refractivity contribution >= 4 is 54.7 Å². The molecule has 2 fully saturated rings. The van der Waals surface area contributed by atoms with Crippen molar-refractivity contribution in [2.75, 3.05) is 75.4 Å². The fraction of sp³-hybridized carbons (Fsp3) is 0.442. The number of aliphatic hydroxyl groups excluding tert-OH is 2. The molecule has 6 heterocycles. The van der Waals surface area contributed by atoms with Gasteiger partial charge in [-0.1, -0.05) is 74.5 Å². The first-order valence-electron chi connectivity index (χ1n) is 19.7. The van der Waals surface area contributed by atoms with Crippen LogP contribution in [0.1, 0.15) is 39.5 Å². The summed E-state index contributed by atoms with van der Waals surface area (Å²) < 4.78 is 0. The van der Waals surface area contributed by atoms with E-state index in [4.69, 9.17) is 4.98 Å². The van der Waals surface area contributed by atoms with Gasteiger partial charge >= 0.3 is 0 Å². The second-order valence-electron chi connectivity index (χ2n) is 15.0. The third-order valence-corrected chi connectivity index (χ3v) is 12.6. The lowest BCUT2D eigenvalue weighted by atomic mass is 9.95. The zero-order valence-electron chi connectivity index (χ0n) is 32.1. The van der Waals surface area contributed by atoms with Gasteiger partial charge in [0, 0.05) is 73.7 Å². The van der Waals surface area contributed by atoms with Crippen molar-refractivity contribution in [3.63, 3.8) is 0 Å². The van der Waals surface area contributed by atoms with E-state index < -0.39 is 0 Å². The number of anilines is 2. The number of piperidine rings is 2. The van der Waals surface area contributed by atoms with Crippen LogP contribution < -0.4 is 15.1 Å². The van der Waals surface area contributed by atoms with Gasteiger partial charge in [-0.25, -0.2) is 19.9 Å². The van der Waals surface area contributed by atoms with Crippen LogP contribution in [0.2, 0.25) is 0 Å². The quantitative estimate of drug-likeness (QED) is 0.109. The highest BCUT2D eigenvalue weighted by Crippen LogP contribution is 2.40. The Morgan fingerprint density at radius 2 is 1.13 bits per heavy atom. The molecule has 2 aliphatic heterocycles. The van der Waals surface area contributed by atoms with Crippen LogP contribution in [0.3, 0.4) is 0 Å². The average molecular weight is 779 g/mol. The number of nitrogens with one attached hydrogen (secondary N) is 1.